The number of hydrogen-bond donors (Lipinski definition) is 1. The van der Waals surface area contributed by atoms with Crippen molar-refractivity contribution in [3.05, 3.63) is 48.5 Å². The molecule has 0 amide bonds. The van der Waals surface area contributed by atoms with Crippen LogP contribution in [0.4, 0.5) is 11.6 Å². The quantitative estimate of drug-likeness (QED) is 0.511. The fraction of sp³-hybridized carbons (Fsp3) is 0.364. The van der Waals surface area contributed by atoms with Gasteiger partial charge in [0.05, 0.1) is 24.0 Å². The minimum Gasteiger partial charge on any atom is -0.492 e. The van der Waals surface area contributed by atoms with Gasteiger partial charge in [0.25, 0.3) is 0 Å². The number of aromatic nitrogens is 6. The minimum absolute atomic E-state index is 0.448. The summed E-state index contributed by atoms with van der Waals surface area (Å²) >= 11 is 0. The van der Waals surface area contributed by atoms with Gasteiger partial charge in [0.2, 0.25) is 5.95 Å². The lowest BCUT2D eigenvalue weighted by molar-refractivity contribution is 0.0841. The molecule has 0 radical (unpaired) electrons. The van der Waals surface area contributed by atoms with E-state index in [0.717, 1.165) is 48.6 Å². The van der Waals surface area contributed by atoms with Crippen molar-refractivity contribution in [2.24, 2.45) is 7.05 Å². The standard InChI is InChI=1S/C22H25N7O2/c1-3-31-20-12-16(21-26-24-14-28(21)2)4-6-18(20)25-22-23-13-17-5-7-19(29(17)27-22)15-8-10-30-11-9-15/h4-7,12-15H,3,8-11H2,1-2H3,(H,25,27). The molecule has 0 bridgehead atoms. The number of aryl methyl sites for hydroxylation is 1. The normalized spacial score (nSPS) is 14.8. The summed E-state index contributed by atoms with van der Waals surface area (Å²) in [5.41, 5.74) is 3.91. The molecule has 0 saturated carbocycles. The van der Waals surface area contributed by atoms with Gasteiger partial charge >= 0.3 is 0 Å². The number of nitrogens with one attached hydrogen (secondary N) is 1. The van der Waals surface area contributed by atoms with Gasteiger partial charge in [-0.2, -0.15) is 0 Å². The van der Waals surface area contributed by atoms with E-state index in [0.29, 0.717) is 24.2 Å². The molecule has 0 unspecified atom stereocenters. The first-order valence-electron chi connectivity index (χ1n) is 10.5. The van der Waals surface area contributed by atoms with Crippen molar-refractivity contribution >= 4 is 17.2 Å². The Kier molecular flexibility index (Phi) is 5.25. The summed E-state index contributed by atoms with van der Waals surface area (Å²) in [6, 6.07) is 10.1. The van der Waals surface area contributed by atoms with Gasteiger partial charge in [-0.1, -0.05) is 0 Å². The number of fused-ring (bicyclic) bond motifs is 1. The van der Waals surface area contributed by atoms with Crippen LogP contribution < -0.4 is 10.1 Å². The number of hydrogen-bond acceptors (Lipinski definition) is 7. The molecule has 4 heterocycles. The molecule has 1 N–H and O–H groups in total. The van der Waals surface area contributed by atoms with Gasteiger partial charge in [0.15, 0.2) is 5.82 Å². The van der Waals surface area contributed by atoms with Crippen molar-refractivity contribution in [3.63, 3.8) is 0 Å². The molecular formula is C22H25N7O2. The van der Waals surface area contributed by atoms with Crippen LogP contribution in [0, 0.1) is 0 Å². The van der Waals surface area contributed by atoms with E-state index in [1.807, 2.05) is 47.4 Å². The van der Waals surface area contributed by atoms with Crippen molar-refractivity contribution < 1.29 is 9.47 Å². The molecule has 0 atom stereocenters. The molecule has 3 aromatic heterocycles. The molecule has 4 aromatic rings. The predicted molar refractivity (Wildman–Crippen MR) is 117 cm³/mol. The minimum atomic E-state index is 0.448. The maximum absolute atomic E-state index is 5.88. The van der Waals surface area contributed by atoms with Gasteiger partial charge in [-0.3, -0.25) is 0 Å². The van der Waals surface area contributed by atoms with Crippen LogP contribution in [-0.2, 0) is 11.8 Å². The van der Waals surface area contributed by atoms with E-state index in [2.05, 4.69) is 32.6 Å². The van der Waals surface area contributed by atoms with Crippen LogP contribution in [0.25, 0.3) is 16.9 Å². The van der Waals surface area contributed by atoms with E-state index >= 15 is 0 Å². The second kappa shape index (κ2) is 8.35. The molecule has 1 aromatic carbocycles. The highest BCUT2D eigenvalue weighted by Crippen LogP contribution is 2.32. The van der Waals surface area contributed by atoms with E-state index in [9.17, 15) is 0 Å². The largest absolute Gasteiger partial charge is 0.492 e. The van der Waals surface area contributed by atoms with E-state index in [1.54, 1.807) is 6.33 Å². The Morgan fingerprint density at radius 1 is 1.19 bits per heavy atom. The molecule has 1 aliphatic heterocycles. The smallest absolute Gasteiger partial charge is 0.245 e. The zero-order valence-electron chi connectivity index (χ0n) is 17.7. The summed E-state index contributed by atoms with van der Waals surface area (Å²) in [5, 5.41) is 16.2. The molecule has 0 spiro atoms. The number of benzene rings is 1. The third-order valence-electron chi connectivity index (χ3n) is 5.56. The maximum Gasteiger partial charge on any atom is 0.245 e. The van der Waals surface area contributed by atoms with Gasteiger partial charge in [0.1, 0.15) is 12.1 Å². The van der Waals surface area contributed by atoms with Crippen molar-refractivity contribution in [2.45, 2.75) is 25.7 Å². The molecule has 0 aliphatic carbocycles. The van der Waals surface area contributed by atoms with Crippen LogP contribution in [0.15, 0.2) is 42.9 Å². The molecule has 1 fully saturated rings. The Bertz CT molecular complexity index is 1190. The van der Waals surface area contributed by atoms with E-state index in [4.69, 9.17) is 14.6 Å². The Morgan fingerprint density at radius 2 is 2.06 bits per heavy atom. The Balaban J connectivity index is 1.46. The number of rotatable bonds is 6. The summed E-state index contributed by atoms with van der Waals surface area (Å²) in [6.45, 7) is 4.09. The zero-order chi connectivity index (χ0) is 21.2. The number of anilines is 2. The maximum atomic E-state index is 5.88. The summed E-state index contributed by atoms with van der Waals surface area (Å²) in [4.78, 5) is 4.50. The molecule has 31 heavy (non-hydrogen) atoms. The van der Waals surface area contributed by atoms with Gasteiger partial charge in [-0.25, -0.2) is 9.50 Å². The van der Waals surface area contributed by atoms with E-state index < -0.39 is 0 Å². The first-order chi connectivity index (χ1) is 15.2. The molecular weight excluding hydrogens is 394 g/mol. The van der Waals surface area contributed by atoms with Gasteiger partial charge in [0, 0.05) is 37.4 Å². The van der Waals surface area contributed by atoms with Crippen LogP contribution in [0.5, 0.6) is 5.75 Å². The van der Waals surface area contributed by atoms with Crippen LogP contribution in [0.3, 0.4) is 0 Å². The third kappa shape index (κ3) is 3.84. The van der Waals surface area contributed by atoms with Crippen molar-refractivity contribution in [3.8, 4) is 17.1 Å². The number of nitrogens with zero attached hydrogens (tertiary/aromatic N) is 6. The molecule has 9 heteroatoms. The van der Waals surface area contributed by atoms with Crippen molar-refractivity contribution in [2.75, 3.05) is 25.1 Å². The van der Waals surface area contributed by atoms with Crippen LogP contribution in [0.2, 0.25) is 0 Å². The fourth-order valence-electron chi connectivity index (χ4n) is 3.99. The summed E-state index contributed by atoms with van der Waals surface area (Å²) in [5.74, 6) is 2.45. The van der Waals surface area contributed by atoms with Crippen molar-refractivity contribution in [1.82, 2.24) is 29.4 Å². The first kappa shape index (κ1) is 19.5. The SMILES string of the molecule is CCOc1cc(-c2nncn2C)ccc1Nc1ncc2ccc(C3CCOCC3)n2n1. The van der Waals surface area contributed by atoms with E-state index in [-0.39, 0.29) is 0 Å². The lowest BCUT2D eigenvalue weighted by Crippen LogP contribution is -2.16. The highest BCUT2D eigenvalue weighted by Gasteiger charge is 2.20. The highest BCUT2D eigenvalue weighted by atomic mass is 16.5. The number of ether oxygens (including phenoxy) is 2. The predicted octanol–water partition coefficient (Wildman–Crippen LogP) is 3.56. The Morgan fingerprint density at radius 3 is 2.84 bits per heavy atom. The molecule has 1 aliphatic rings. The fourth-order valence-corrected chi connectivity index (χ4v) is 3.99. The van der Waals surface area contributed by atoms with Crippen LogP contribution in [-0.4, -0.2) is 49.2 Å². The van der Waals surface area contributed by atoms with Gasteiger partial charge < -0.3 is 19.4 Å². The van der Waals surface area contributed by atoms with Crippen LogP contribution >= 0.6 is 0 Å². The second-order valence-electron chi connectivity index (χ2n) is 7.60. The third-order valence-corrected chi connectivity index (χ3v) is 5.56. The highest BCUT2D eigenvalue weighted by molar-refractivity contribution is 5.70. The lowest BCUT2D eigenvalue weighted by atomic mass is 9.97. The molecule has 1 saturated heterocycles. The first-order valence-corrected chi connectivity index (χ1v) is 10.5. The second-order valence-corrected chi connectivity index (χ2v) is 7.60. The van der Waals surface area contributed by atoms with E-state index in [1.165, 1.54) is 5.69 Å². The monoisotopic (exact) mass is 419 g/mol. The molecule has 160 valence electrons. The van der Waals surface area contributed by atoms with Gasteiger partial charge in [-0.15, -0.1) is 15.3 Å². The Hall–Kier alpha value is -3.46. The van der Waals surface area contributed by atoms with Crippen LogP contribution in [0.1, 0.15) is 31.4 Å². The average molecular weight is 419 g/mol. The topological polar surface area (TPSA) is 91.4 Å². The summed E-state index contributed by atoms with van der Waals surface area (Å²) in [7, 11) is 1.91. The molecule has 5 rings (SSSR count). The summed E-state index contributed by atoms with van der Waals surface area (Å²) < 4.78 is 15.3. The summed E-state index contributed by atoms with van der Waals surface area (Å²) in [6.07, 6.45) is 5.54. The van der Waals surface area contributed by atoms with Gasteiger partial charge in [-0.05, 0) is 50.1 Å². The average Bonchev–Trinajstić information content (AvgIpc) is 3.41. The zero-order valence-corrected chi connectivity index (χ0v) is 17.7. The van der Waals surface area contributed by atoms with Crippen molar-refractivity contribution in [1.29, 1.82) is 0 Å². The molecule has 9 nitrogen and oxygen atoms in total. The lowest BCUT2D eigenvalue weighted by Gasteiger charge is -2.21. The Labute approximate surface area is 180 Å².